The Morgan fingerprint density at radius 2 is 1.85 bits per heavy atom. The lowest BCUT2D eigenvalue weighted by molar-refractivity contribution is 0.102. The fraction of sp³-hybridized carbons (Fsp3) is 0.0714. The summed E-state index contributed by atoms with van der Waals surface area (Å²) in [6.07, 6.45) is 0. The first-order chi connectivity index (χ1) is 9.51. The van der Waals surface area contributed by atoms with Crippen LogP contribution in [-0.2, 0) is 0 Å². The monoisotopic (exact) mass is 327 g/mol. The van der Waals surface area contributed by atoms with Gasteiger partial charge in [-0.15, -0.1) is 12.6 Å². The van der Waals surface area contributed by atoms with E-state index in [0.29, 0.717) is 31.9 Å². The van der Waals surface area contributed by atoms with Crippen molar-refractivity contribution in [2.45, 2.75) is 4.90 Å². The summed E-state index contributed by atoms with van der Waals surface area (Å²) in [5, 5.41) is 3.46. The van der Waals surface area contributed by atoms with E-state index in [-0.39, 0.29) is 5.91 Å². The highest BCUT2D eigenvalue weighted by molar-refractivity contribution is 7.80. The third-order valence-electron chi connectivity index (χ3n) is 2.62. The molecule has 20 heavy (non-hydrogen) atoms. The molecular formula is C14H11Cl2NO2S. The second-order valence-electron chi connectivity index (χ2n) is 3.96. The second kappa shape index (κ2) is 6.39. The number of carbonyl (C=O) groups excluding carboxylic acids is 1. The minimum Gasteiger partial charge on any atom is -0.497 e. The minimum absolute atomic E-state index is 0.332. The summed E-state index contributed by atoms with van der Waals surface area (Å²) >= 11 is 16.2. The standard InChI is InChI=1S/C14H11Cl2NO2S/c1-19-8-2-4-12(16)13(6-8)17-14(18)10-7-9(20)3-5-11(10)15/h2-7,20H,1H3,(H,17,18). The van der Waals surface area contributed by atoms with Crippen molar-refractivity contribution >= 4 is 47.4 Å². The fourth-order valence-electron chi connectivity index (χ4n) is 1.60. The number of amides is 1. The maximum Gasteiger partial charge on any atom is 0.257 e. The Kier molecular flexibility index (Phi) is 4.81. The molecule has 2 rings (SSSR count). The molecule has 0 saturated heterocycles. The maximum atomic E-state index is 12.2. The van der Waals surface area contributed by atoms with E-state index in [9.17, 15) is 4.79 Å². The van der Waals surface area contributed by atoms with Crippen LogP contribution in [0.3, 0.4) is 0 Å². The third-order valence-corrected chi connectivity index (χ3v) is 3.55. The number of anilines is 1. The number of thiol groups is 1. The first-order valence-electron chi connectivity index (χ1n) is 5.64. The van der Waals surface area contributed by atoms with Crippen LogP contribution in [0.25, 0.3) is 0 Å². The van der Waals surface area contributed by atoms with Gasteiger partial charge in [0, 0.05) is 11.0 Å². The minimum atomic E-state index is -0.360. The van der Waals surface area contributed by atoms with Gasteiger partial charge in [0.2, 0.25) is 0 Å². The molecule has 6 heteroatoms. The molecule has 0 aliphatic rings. The van der Waals surface area contributed by atoms with Crippen LogP contribution in [0.2, 0.25) is 10.0 Å². The molecule has 0 aromatic heterocycles. The van der Waals surface area contributed by atoms with Gasteiger partial charge in [-0.2, -0.15) is 0 Å². The third kappa shape index (κ3) is 3.39. The molecule has 0 heterocycles. The Morgan fingerprint density at radius 1 is 1.15 bits per heavy atom. The van der Waals surface area contributed by atoms with Crippen molar-refractivity contribution in [2.75, 3.05) is 12.4 Å². The summed E-state index contributed by atoms with van der Waals surface area (Å²) in [6, 6.07) is 9.91. The van der Waals surface area contributed by atoms with Gasteiger partial charge in [0.1, 0.15) is 5.75 Å². The molecule has 0 atom stereocenters. The van der Waals surface area contributed by atoms with Gasteiger partial charge in [-0.3, -0.25) is 4.79 Å². The molecule has 3 nitrogen and oxygen atoms in total. The molecule has 104 valence electrons. The number of methoxy groups -OCH3 is 1. The lowest BCUT2D eigenvalue weighted by Gasteiger charge is -2.10. The molecule has 0 bridgehead atoms. The summed E-state index contributed by atoms with van der Waals surface area (Å²) in [5.74, 6) is 0.236. The van der Waals surface area contributed by atoms with Gasteiger partial charge in [0.15, 0.2) is 0 Å². The SMILES string of the molecule is COc1ccc(Cl)c(NC(=O)c2cc(S)ccc2Cl)c1. The first-order valence-corrected chi connectivity index (χ1v) is 6.85. The Balaban J connectivity index is 2.30. The van der Waals surface area contributed by atoms with E-state index in [2.05, 4.69) is 17.9 Å². The molecule has 0 aliphatic heterocycles. The van der Waals surface area contributed by atoms with E-state index in [4.69, 9.17) is 27.9 Å². The second-order valence-corrected chi connectivity index (χ2v) is 5.29. The Hall–Kier alpha value is -1.36. The molecule has 0 spiro atoms. The number of hydrogen-bond donors (Lipinski definition) is 2. The van der Waals surface area contributed by atoms with E-state index in [0.717, 1.165) is 0 Å². The summed E-state index contributed by atoms with van der Waals surface area (Å²) in [6.45, 7) is 0. The molecule has 0 radical (unpaired) electrons. The molecular weight excluding hydrogens is 317 g/mol. The number of ether oxygens (including phenoxy) is 1. The predicted octanol–water partition coefficient (Wildman–Crippen LogP) is 4.54. The topological polar surface area (TPSA) is 38.3 Å². The summed E-state index contributed by atoms with van der Waals surface area (Å²) < 4.78 is 5.09. The van der Waals surface area contributed by atoms with Crippen LogP contribution >= 0.6 is 35.8 Å². The highest BCUT2D eigenvalue weighted by atomic mass is 35.5. The van der Waals surface area contributed by atoms with Crippen LogP contribution in [0.4, 0.5) is 5.69 Å². The Morgan fingerprint density at radius 3 is 2.55 bits per heavy atom. The lowest BCUT2D eigenvalue weighted by Crippen LogP contribution is -2.13. The number of rotatable bonds is 3. The number of nitrogens with one attached hydrogen (secondary N) is 1. The van der Waals surface area contributed by atoms with E-state index < -0.39 is 0 Å². The average Bonchev–Trinajstić information content (AvgIpc) is 2.43. The fourth-order valence-corrected chi connectivity index (χ4v) is 2.18. The number of carbonyl (C=O) groups is 1. The van der Waals surface area contributed by atoms with Crippen LogP contribution in [-0.4, -0.2) is 13.0 Å². The summed E-state index contributed by atoms with van der Waals surface area (Å²) in [4.78, 5) is 12.9. The van der Waals surface area contributed by atoms with Crippen molar-refractivity contribution in [3.63, 3.8) is 0 Å². The molecule has 1 N–H and O–H groups in total. The normalized spacial score (nSPS) is 10.2. The van der Waals surface area contributed by atoms with Crippen molar-refractivity contribution in [1.82, 2.24) is 0 Å². The van der Waals surface area contributed by atoms with Gasteiger partial charge < -0.3 is 10.1 Å². The van der Waals surface area contributed by atoms with Crippen LogP contribution in [0, 0.1) is 0 Å². The zero-order valence-electron chi connectivity index (χ0n) is 10.5. The van der Waals surface area contributed by atoms with Crippen molar-refractivity contribution in [3.05, 3.63) is 52.0 Å². The molecule has 0 fully saturated rings. The highest BCUT2D eigenvalue weighted by Gasteiger charge is 2.13. The summed E-state index contributed by atoms with van der Waals surface area (Å²) in [5.41, 5.74) is 0.787. The van der Waals surface area contributed by atoms with Gasteiger partial charge in [-0.1, -0.05) is 23.2 Å². The predicted molar refractivity (Wildman–Crippen MR) is 84.7 cm³/mol. The van der Waals surface area contributed by atoms with E-state index in [1.807, 2.05) is 0 Å². The lowest BCUT2D eigenvalue weighted by atomic mass is 10.2. The van der Waals surface area contributed by atoms with Crippen molar-refractivity contribution < 1.29 is 9.53 Å². The van der Waals surface area contributed by atoms with Crippen LogP contribution in [0.1, 0.15) is 10.4 Å². The number of halogens is 2. The molecule has 0 saturated carbocycles. The molecule has 0 unspecified atom stereocenters. The quantitative estimate of drug-likeness (QED) is 0.812. The van der Waals surface area contributed by atoms with Crippen LogP contribution < -0.4 is 10.1 Å². The number of hydrogen-bond acceptors (Lipinski definition) is 3. The smallest absolute Gasteiger partial charge is 0.257 e. The van der Waals surface area contributed by atoms with E-state index >= 15 is 0 Å². The van der Waals surface area contributed by atoms with Crippen molar-refractivity contribution in [2.24, 2.45) is 0 Å². The van der Waals surface area contributed by atoms with E-state index in [1.54, 1.807) is 36.4 Å². The zero-order valence-corrected chi connectivity index (χ0v) is 12.9. The van der Waals surface area contributed by atoms with Crippen LogP contribution in [0.5, 0.6) is 5.75 Å². The van der Waals surface area contributed by atoms with Gasteiger partial charge >= 0.3 is 0 Å². The highest BCUT2D eigenvalue weighted by Crippen LogP contribution is 2.28. The molecule has 2 aromatic carbocycles. The molecule has 2 aromatic rings. The van der Waals surface area contributed by atoms with Crippen molar-refractivity contribution in [3.8, 4) is 5.75 Å². The van der Waals surface area contributed by atoms with Gasteiger partial charge in [0.05, 0.1) is 28.4 Å². The van der Waals surface area contributed by atoms with Crippen LogP contribution in [0.15, 0.2) is 41.3 Å². The van der Waals surface area contributed by atoms with Gasteiger partial charge in [-0.05, 0) is 30.3 Å². The van der Waals surface area contributed by atoms with Crippen molar-refractivity contribution in [1.29, 1.82) is 0 Å². The Bertz CT molecular complexity index is 662. The van der Waals surface area contributed by atoms with E-state index in [1.165, 1.54) is 7.11 Å². The molecule has 0 aliphatic carbocycles. The first kappa shape index (κ1) is 15.0. The van der Waals surface area contributed by atoms with Gasteiger partial charge in [-0.25, -0.2) is 0 Å². The zero-order chi connectivity index (χ0) is 14.7. The maximum absolute atomic E-state index is 12.2. The Labute approximate surface area is 132 Å². The number of benzene rings is 2. The largest absolute Gasteiger partial charge is 0.497 e. The molecule has 1 amide bonds. The average molecular weight is 328 g/mol. The van der Waals surface area contributed by atoms with Gasteiger partial charge in [0.25, 0.3) is 5.91 Å². The summed E-state index contributed by atoms with van der Waals surface area (Å²) in [7, 11) is 1.54.